The molecule has 5 rings (SSSR count). The summed E-state index contributed by atoms with van der Waals surface area (Å²) < 4.78 is 45.1. The van der Waals surface area contributed by atoms with Gasteiger partial charge in [-0.1, -0.05) is 22.9 Å². The van der Waals surface area contributed by atoms with Crippen molar-refractivity contribution in [2.75, 3.05) is 67.3 Å². The van der Waals surface area contributed by atoms with E-state index >= 15 is 0 Å². The van der Waals surface area contributed by atoms with Crippen molar-refractivity contribution in [3.05, 3.63) is 75.6 Å². The van der Waals surface area contributed by atoms with Crippen LogP contribution in [0, 0.1) is 6.92 Å². The Kier molecular flexibility index (Phi) is 10.4. The zero-order valence-corrected chi connectivity index (χ0v) is 26.8. The summed E-state index contributed by atoms with van der Waals surface area (Å²) in [5.74, 6) is 0.783. The van der Waals surface area contributed by atoms with E-state index in [1.165, 1.54) is 37.6 Å². The van der Waals surface area contributed by atoms with Crippen LogP contribution in [-0.2, 0) is 6.18 Å². The molecule has 1 fully saturated rings. The highest BCUT2D eigenvalue weighted by molar-refractivity contribution is 7.17. The number of aliphatic hydroxyl groups excluding tert-OH is 1. The number of anilines is 5. The number of hydrogen-bond donors (Lipinski definition) is 4. The molecule has 0 aliphatic carbocycles. The number of halogens is 4. The molecule has 0 saturated carbocycles. The van der Waals surface area contributed by atoms with E-state index in [0.717, 1.165) is 49.4 Å². The molecule has 1 aliphatic rings. The average molecular weight is 691 g/mol. The lowest BCUT2D eigenvalue weighted by atomic mass is 10.1. The fourth-order valence-electron chi connectivity index (χ4n) is 4.83. The molecule has 0 unspecified atom stereocenters. The van der Waals surface area contributed by atoms with E-state index in [-0.39, 0.29) is 34.3 Å². The van der Waals surface area contributed by atoms with Crippen molar-refractivity contribution in [2.45, 2.75) is 13.1 Å². The van der Waals surface area contributed by atoms with Crippen molar-refractivity contribution in [1.82, 2.24) is 19.9 Å². The zero-order chi connectivity index (χ0) is 33.7. The molecule has 47 heavy (non-hydrogen) atoms. The van der Waals surface area contributed by atoms with Crippen LogP contribution in [0.3, 0.4) is 0 Å². The molecule has 0 atom stereocenters. The van der Waals surface area contributed by atoms with Gasteiger partial charge in [0.2, 0.25) is 0 Å². The second-order valence-corrected chi connectivity index (χ2v) is 11.8. The lowest BCUT2D eigenvalue weighted by Gasteiger charge is -2.35. The van der Waals surface area contributed by atoms with E-state index in [1.807, 2.05) is 6.07 Å². The number of nitrogens with one attached hydrogen (secondary N) is 3. The molecule has 248 valence electrons. The largest absolute Gasteiger partial charge is 0.495 e. The van der Waals surface area contributed by atoms with Crippen LogP contribution in [0.1, 0.15) is 31.5 Å². The van der Waals surface area contributed by atoms with E-state index in [2.05, 4.69) is 40.7 Å². The van der Waals surface area contributed by atoms with Crippen LogP contribution in [0.5, 0.6) is 5.75 Å². The van der Waals surface area contributed by atoms with Crippen molar-refractivity contribution in [1.29, 1.82) is 0 Å². The molecule has 12 nitrogen and oxygen atoms in total. The number of aryl methyl sites for hydroxylation is 1. The molecule has 1 saturated heterocycles. The Morgan fingerprint density at radius 2 is 1.81 bits per heavy atom. The van der Waals surface area contributed by atoms with Crippen LogP contribution >= 0.6 is 22.9 Å². The number of carbonyl (C=O) groups is 2. The topological polar surface area (TPSA) is 145 Å². The number of alkyl halides is 3. The van der Waals surface area contributed by atoms with Gasteiger partial charge in [-0.15, -0.1) is 0 Å². The smallest absolute Gasteiger partial charge is 0.417 e. The van der Waals surface area contributed by atoms with Crippen LogP contribution in [0.2, 0.25) is 5.02 Å². The Hall–Kier alpha value is -4.51. The van der Waals surface area contributed by atoms with E-state index in [4.69, 9.17) is 16.3 Å². The summed E-state index contributed by atoms with van der Waals surface area (Å²) in [4.78, 5) is 43.5. The van der Waals surface area contributed by atoms with Crippen LogP contribution in [0.15, 0.2) is 48.7 Å². The summed E-state index contributed by atoms with van der Waals surface area (Å²) in [5.41, 5.74) is -0.990. The number of ether oxygens (including phenoxy) is 1. The number of β-amino-alcohol motifs (C(OH)–C–C–N with tert-alkyl or cyclic N) is 1. The summed E-state index contributed by atoms with van der Waals surface area (Å²) in [6, 6.07) is 9.06. The molecule has 2 aromatic carbocycles. The third kappa shape index (κ3) is 8.45. The molecule has 2 aromatic heterocycles. The number of nitrogens with zero attached hydrogens (tertiary/aromatic N) is 5. The van der Waals surface area contributed by atoms with Gasteiger partial charge in [-0.05, 0) is 43.3 Å². The monoisotopic (exact) mass is 690 g/mol. The number of piperazine rings is 1. The van der Waals surface area contributed by atoms with E-state index in [0.29, 0.717) is 29.3 Å². The minimum Gasteiger partial charge on any atom is -0.495 e. The fraction of sp³-hybridized carbons (Fsp3) is 0.300. The van der Waals surface area contributed by atoms with Crippen molar-refractivity contribution in [2.24, 2.45) is 0 Å². The predicted molar refractivity (Wildman–Crippen MR) is 173 cm³/mol. The molecule has 0 bridgehead atoms. The SMILES string of the molecule is COc1ccc(NC(=O)c2ccc(Cl)c(C(F)(F)F)c2)cc1NC(=O)c1ncc(Nc2cc(N3CCN(CCO)CC3)nc(C)n2)s1. The van der Waals surface area contributed by atoms with E-state index in [9.17, 15) is 27.9 Å². The lowest BCUT2D eigenvalue weighted by Crippen LogP contribution is -2.47. The number of carbonyl (C=O) groups excluding carboxylic acids is 2. The lowest BCUT2D eigenvalue weighted by molar-refractivity contribution is -0.137. The number of thiazole rings is 1. The Bertz CT molecular complexity index is 1770. The summed E-state index contributed by atoms with van der Waals surface area (Å²) >= 11 is 6.75. The third-order valence-electron chi connectivity index (χ3n) is 7.13. The van der Waals surface area contributed by atoms with Gasteiger partial charge in [-0.3, -0.25) is 14.5 Å². The summed E-state index contributed by atoms with van der Waals surface area (Å²) in [7, 11) is 1.40. The van der Waals surface area contributed by atoms with Crippen LogP contribution in [-0.4, -0.2) is 83.2 Å². The van der Waals surface area contributed by atoms with Gasteiger partial charge in [-0.25, -0.2) is 15.0 Å². The Morgan fingerprint density at radius 1 is 1.04 bits per heavy atom. The number of rotatable bonds is 10. The third-order valence-corrected chi connectivity index (χ3v) is 8.37. The molecule has 3 heterocycles. The van der Waals surface area contributed by atoms with Gasteiger partial charge in [0.05, 0.1) is 36.2 Å². The molecule has 1 aliphatic heterocycles. The number of aromatic nitrogens is 3. The minimum absolute atomic E-state index is 0.121. The highest BCUT2D eigenvalue weighted by Crippen LogP contribution is 2.36. The van der Waals surface area contributed by atoms with E-state index < -0.39 is 28.6 Å². The molecule has 4 N–H and O–H groups in total. The summed E-state index contributed by atoms with van der Waals surface area (Å²) in [6.07, 6.45) is -3.23. The molecule has 0 spiro atoms. The number of amides is 2. The Balaban J connectivity index is 1.25. The maximum atomic E-state index is 13.3. The first-order chi connectivity index (χ1) is 22.4. The van der Waals surface area contributed by atoms with Gasteiger partial charge in [0.1, 0.15) is 28.2 Å². The Morgan fingerprint density at radius 3 is 2.51 bits per heavy atom. The van der Waals surface area contributed by atoms with Gasteiger partial charge < -0.3 is 30.7 Å². The second kappa shape index (κ2) is 14.5. The Labute approximate surface area is 276 Å². The first-order valence-corrected chi connectivity index (χ1v) is 15.5. The second-order valence-electron chi connectivity index (χ2n) is 10.4. The van der Waals surface area contributed by atoms with Gasteiger partial charge >= 0.3 is 6.18 Å². The number of hydrogen-bond acceptors (Lipinski definition) is 11. The highest BCUT2D eigenvalue weighted by atomic mass is 35.5. The highest BCUT2D eigenvalue weighted by Gasteiger charge is 2.34. The van der Waals surface area contributed by atoms with Crippen molar-refractivity contribution < 1.29 is 32.6 Å². The maximum Gasteiger partial charge on any atom is 0.417 e. The summed E-state index contributed by atoms with van der Waals surface area (Å²) in [5, 5.41) is 17.8. The first kappa shape index (κ1) is 33.8. The molecular weight excluding hydrogens is 661 g/mol. The maximum absolute atomic E-state index is 13.3. The minimum atomic E-state index is -4.73. The molecule has 4 aromatic rings. The number of benzene rings is 2. The van der Waals surface area contributed by atoms with Gasteiger partial charge in [-0.2, -0.15) is 13.2 Å². The molecule has 2 amide bonds. The first-order valence-electron chi connectivity index (χ1n) is 14.3. The van der Waals surface area contributed by atoms with Gasteiger partial charge in [0, 0.05) is 50.0 Å². The fourth-order valence-corrected chi connectivity index (χ4v) is 5.77. The standard InChI is InChI=1S/C30H30ClF3N8O4S/c1-17-36-24(15-25(37-17)42-9-7-41(8-10-42)11-12-43)40-26-16-35-29(47-26)28(45)39-22-14-19(4-6-23(22)46-2)38-27(44)18-3-5-21(31)20(13-18)30(32,33)34/h3-6,13-16,43H,7-12H2,1-2H3,(H,38,44)(H,39,45)(H,36,37,40). The van der Waals surface area contributed by atoms with Crippen molar-refractivity contribution >= 4 is 62.8 Å². The van der Waals surface area contributed by atoms with Crippen molar-refractivity contribution in [3.8, 4) is 5.75 Å². The molecule has 17 heteroatoms. The number of methoxy groups -OCH3 is 1. The summed E-state index contributed by atoms with van der Waals surface area (Å²) in [6.45, 7) is 5.69. The zero-order valence-electron chi connectivity index (χ0n) is 25.2. The normalized spacial score (nSPS) is 13.7. The average Bonchev–Trinajstić information content (AvgIpc) is 3.49. The van der Waals surface area contributed by atoms with E-state index in [1.54, 1.807) is 6.92 Å². The van der Waals surface area contributed by atoms with Crippen molar-refractivity contribution in [3.63, 3.8) is 0 Å². The van der Waals surface area contributed by atoms with Gasteiger partial charge in [0.25, 0.3) is 11.8 Å². The van der Waals surface area contributed by atoms with Crippen LogP contribution in [0.25, 0.3) is 0 Å². The predicted octanol–water partition coefficient (Wildman–Crippen LogP) is 5.28. The number of aliphatic hydroxyl groups is 1. The van der Waals surface area contributed by atoms with Gasteiger partial charge in [0.15, 0.2) is 5.01 Å². The molecule has 0 radical (unpaired) electrons. The van der Waals surface area contributed by atoms with Crippen LogP contribution in [0.4, 0.5) is 41.2 Å². The quantitative estimate of drug-likeness (QED) is 0.173. The van der Waals surface area contributed by atoms with Crippen LogP contribution < -0.4 is 25.6 Å². The molecular formula is C30H30ClF3N8O4S.